The Morgan fingerprint density at radius 3 is 2.33 bits per heavy atom. The molecule has 0 heterocycles. The van der Waals surface area contributed by atoms with Gasteiger partial charge in [-0.2, -0.15) is 0 Å². The van der Waals surface area contributed by atoms with Crippen molar-refractivity contribution in [3.8, 4) is 0 Å². The van der Waals surface area contributed by atoms with Crippen LogP contribution < -0.4 is 10.6 Å². The van der Waals surface area contributed by atoms with Crippen molar-refractivity contribution in [3.63, 3.8) is 0 Å². The molecule has 0 saturated heterocycles. The number of nitrogens with zero attached hydrogens (tertiary/aromatic N) is 1. The van der Waals surface area contributed by atoms with Crippen molar-refractivity contribution >= 4 is 5.96 Å². The van der Waals surface area contributed by atoms with Crippen LogP contribution in [0, 0.1) is 6.92 Å². The van der Waals surface area contributed by atoms with Gasteiger partial charge in [-0.1, -0.05) is 60.2 Å². The summed E-state index contributed by atoms with van der Waals surface area (Å²) in [6.45, 7) is 4.98. The molecule has 2 N–H and O–H groups in total. The summed E-state index contributed by atoms with van der Waals surface area (Å²) in [7, 11) is 1.78. The molecule has 0 amide bonds. The van der Waals surface area contributed by atoms with Gasteiger partial charge in [0.15, 0.2) is 5.96 Å². The Bertz CT molecular complexity index is 609. The van der Waals surface area contributed by atoms with E-state index in [-0.39, 0.29) is 0 Å². The van der Waals surface area contributed by atoms with E-state index >= 15 is 0 Å². The summed E-state index contributed by atoms with van der Waals surface area (Å²) in [5.74, 6) is 0.811. The van der Waals surface area contributed by atoms with Crippen LogP contribution in [0.15, 0.2) is 59.6 Å². The van der Waals surface area contributed by atoms with E-state index in [0.717, 1.165) is 25.5 Å². The number of aryl methyl sites for hydroxylation is 1. The second-order valence-electron chi connectivity index (χ2n) is 5.70. The van der Waals surface area contributed by atoms with Crippen molar-refractivity contribution in [3.05, 3.63) is 71.3 Å². The number of rotatable bonds is 8. The van der Waals surface area contributed by atoms with Crippen LogP contribution in [-0.2, 0) is 17.8 Å². The highest BCUT2D eigenvalue weighted by Gasteiger charge is 1.98. The predicted octanol–water partition coefficient (Wildman–Crippen LogP) is 2.92. The van der Waals surface area contributed by atoms with Crippen molar-refractivity contribution in [1.29, 1.82) is 0 Å². The maximum Gasteiger partial charge on any atom is 0.191 e. The van der Waals surface area contributed by atoms with Crippen molar-refractivity contribution in [2.24, 2.45) is 4.99 Å². The van der Waals surface area contributed by atoms with Crippen LogP contribution in [0.1, 0.15) is 16.7 Å². The normalized spacial score (nSPS) is 11.3. The summed E-state index contributed by atoms with van der Waals surface area (Å²) in [5, 5.41) is 6.59. The van der Waals surface area contributed by atoms with Crippen molar-refractivity contribution in [2.75, 3.05) is 26.7 Å². The second-order valence-corrected chi connectivity index (χ2v) is 5.70. The Hall–Kier alpha value is -2.33. The maximum atomic E-state index is 5.65. The van der Waals surface area contributed by atoms with E-state index in [9.17, 15) is 0 Å². The SMILES string of the molecule is CN=C(NCCOCc1ccccc1)NCCc1ccc(C)cc1. The first kappa shape index (κ1) is 18.0. The Kier molecular flexibility index (Phi) is 7.84. The molecule has 128 valence electrons. The summed E-state index contributed by atoms with van der Waals surface area (Å²) in [4.78, 5) is 4.23. The van der Waals surface area contributed by atoms with Crippen LogP contribution in [0.3, 0.4) is 0 Å². The third-order valence-corrected chi connectivity index (χ3v) is 3.70. The fourth-order valence-electron chi connectivity index (χ4n) is 2.31. The molecule has 0 saturated carbocycles. The fourth-order valence-corrected chi connectivity index (χ4v) is 2.31. The molecule has 0 aliphatic rings. The van der Waals surface area contributed by atoms with E-state index in [1.165, 1.54) is 16.7 Å². The second kappa shape index (κ2) is 10.4. The Morgan fingerprint density at radius 2 is 1.62 bits per heavy atom. The van der Waals surface area contributed by atoms with E-state index in [0.29, 0.717) is 13.2 Å². The Labute approximate surface area is 145 Å². The number of ether oxygens (including phenoxy) is 1. The topological polar surface area (TPSA) is 45.7 Å². The van der Waals surface area contributed by atoms with Gasteiger partial charge in [0.25, 0.3) is 0 Å². The number of hydrogen-bond donors (Lipinski definition) is 2. The van der Waals surface area contributed by atoms with Crippen LogP contribution >= 0.6 is 0 Å². The quantitative estimate of drug-likeness (QED) is 0.446. The van der Waals surface area contributed by atoms with E-state index < -0.39 is 0 Å². The molecule has 0 spiro atoms. The zero-order valence-corrected chi connectivity index (χ0v) is 14.6. The lowest BCUT2D eigenvalue weighted by Gasteiger charge is -2.12. The minimum atomic E-state index is 0.641. The van der Waals surface area contributed by atoms with Gasteiger partial charge in [0.05, 0.1) is 13.2 Å². The first-order valence-electron chi connectivity index (χ1n) is 8.39. The lowest BCUT2D eigenvalue weighted by atomic mass is 10.1. The summed E-state index contributed by atoms with van der Waals surface area (Å²) in [6.07, 6.45) is 0.978. The maximum absolute atomic E-state index is 5.65. The Morgan fingerprint density at radius 1 is 0.917 bits per heavy atom. The fraction of sp³-hybridized carbons (Fsp3) is 0.350. The van der Waals surface area contributed by atoms with Crippen LogP contribution in [0.4, 0.5) is 0 Å². The highest BCUT2D eigenvalue weighted by atomic mass is 16.5. The van der Waals surface area contributed by atoms with E-state index in [2.05, 4.69) is 58.9 Å². The van der Waals surface area contributed by atoms with Crippen molar-refractivity contribution < 1.29 is 4.74 Å². The molecule has 0 atom stereocenters. The standard InChI is InChI=1S/C20H27N3O/c1-17-8-10-18(11-9-17)12-13-22-20(21-2)23-14-15-24-16-19-6-4-3-5-7-19/h3-11H,12-16H2,1-2H3,(H2,21,22,23). The lowest BCUT2D eigenvalue weighted by Crippen LogP contribution is -2.39. The molecular formula is C20H27N3O. The molecular weight excluding hydrogens is 298 g/mol. The lowest BCUT2D eigenvalue weighted by molar-refractivity contribution is 0.125. The predicted molar refractivity (Wildman–Crippen MR) is 100 cm³/mol. The third-order valence-electron chi connectivity index (χ3n) is 3.70. The number of aliphatic imine (C=N–C) groups is 1. The van der Waals surface area contributed by atoms with Gasteiger partial charge in [0.2, 0.25) is 0 Å². The van der Waals surface area contributed by atoms with Gasteiger partial charge in [-0.25, -0.2) is 0 Å². The van der Waals surface area contributed by atoms with Gasteiger partial charge in [-0.3, -0.25) is 4.99 Å². The van der Waals surface area contributed by atoms with Crippen LogP contribution in [-0.4, -0.2) is 32.7 Å². The van der Waals surface area contributed by atoms with Crippen molar-refractivity contribution in [1.82, 2.24) is 10.6 Å². The highest BCUT2D eigenvalue weighted by molar-refractivity contribution is 5.79. The highest BCUT2D eigenvalue weighted by Crippen LogP contribution is 2.03. The molecule has 0 aliphatic heterocycles. The number of guanidine groups is 1. The Balaban J connectivity index is 1.57. The molecule has 2 aromatic rings. The minimum absolute atomic E-state index is 0.641. The molecule has 0 aromatic heterocycles. The van der Waals surface area contributed by atoms with Gasteiger partial charge in [-0.15, -0.1) is 0 Å². The molecule has 2 aromatic carbocycles. The molecule has 0 radical (unpaired) electrons. The zero-order valence-electron chi connectivity index (χ0n) is 14.6. The van der Waals surface area contributed by atoms with Crippen LogP contribution in [0.2, 0.25) is 0 Å². The van der Waals surface area contributed by atoms with E-state index in [1.807, 2.05) is 18.2 Å². The molecule has 0 aliphatic carbocycles. The first-order chi connectivity index (χ1) is 11.8. The van der Waals surface area contributed by atoms with Crippen molar-refractivity contribution in [2.45, 2.75) is 20.0 Å². The molecule has 0 bridgehead atoms. The average molecular weight is 325 g/mol. The number of benzene rings is 2. The smallest absolute Gasteiger partial charge is 0.191 e. The minimum Gasteiger partial charge on any atom is -0.375 e. The molecule has 4 heteroatoms. The van der Waals surface area contributed by atoms with Gasteiger partial charge in [0, 0.05) is 20.1 Å². The zero-order chi connectivity index (χ0) is 17.0. The van der Waals surface area contributed by atoms with Gasteiger partial charge >= 0.3 is 0 Å². The summed E-state index contributed by atoms with van der Waals surface area (Å²) >= 11 is 0. The van der Waals surface area contributed by atoms with Gasteiger partial charge in [0.1, 0.15) is 0 Å². The number of nitrogens with one attached hydrogen (secondary N) is 2. The summed E-state index contributed by atoms with van der Waals surface area (Å²) < 4.78 is 5.65. The van der Waals surface area contributed by atoms with Gasteiger partial charge < -0.3 is 15.4 Å². The molecule has 0 fully saturated rings. The van der Waals surface area contributed by atoms with E-state index in [1.54, 1.807) is 7.05 Å². The summed E-state index contributed by atoms with van der Waals surface area (Å²) in [5.41, 5.74) is 3.81. The van der Waals surface area contributed by atoms with E-state index in [4.69, 9.17) is 4.74 Å². The third kappa shape index (κ3) is 6.84. The largest absolute Gasteiger partial charge is 0.375 e. The summed E-state index contributed by atoms with van der Waals surface area (Å²) in [6, 6.07) is 18.8. The molecule has 0 unspecified atom stereocenters. The van der Waals surface area contributed by atoms with Crippen LogP contribution in [0.5, 0.6) is 0 Å². The number of hydrogen-bond acceptors (Lipinski definition) is 2. The monoisotopic (exact) mass is 325 g/mol. The molecule has 2 rings (SSSR count). The molecule has 4 nitrogen and oxygen atoms in total. The van der Waals surface area contributed by atoms with Crippen LogP contribution in [0.25, 0.3) is 0 Å². The molecule has 24 heavy (non-hydrogen) atoms. The average Bonchev–Trinajstić information content (AvgIpc) is 2.62. The van der Waals surface area contributed by atoms with Gasteiger partial charge in [-0.05, 0) is 24.5 Å². The first-order valence-corrected chi connectivity index (χ1v) is 8.39.